The molecule has 7 heteroatoms. The Bertz CT molecular complexity index is 447. The van der Waals surface area contributed by atoms with Crippen LogP contribution in [-0.2, 0) is 10.0 Å². The van der Waals surface area contributed by atoms with E-state index in [1.807, 2.05) is 6.92 Å². The van der Waals surface area contributed by atoms with Crippen molar-refractivity contribution in [2.24, 2.45) is 5.14 Å². The molecular weight excluding hydrogens is 284 g/mol. The fourth-order valence-corrected chi connectivity index (χ4v) is 2.16. The quantitative estimate of drug-likeness (QED) is 0.907. The molecule has 0 aliphatic heterocycles. The zero-order valence-corrected chi connectivity index (χ0v) is 10.5. The monoisotopic (exact) mass is 294 g/mol. The van der Waals surface area contributed by atoms with Gasteiger partial charge in [0.15, 0.2) is 5.75 Å². The van der Waals surface area contributed by atoms with Gasteiger partial charge in [-0.1, -0.05) is 6.92 Å². The highest BCUT2D eigenvalue weighted by atomic mass is 79.9. The molecule has 0 atom stereocenters. The largest absolute Gasteiger partial charge is 0.491 e. The summed E-state index contributed by atoms with van der Waals surface area (Å²) in [4.78, 5) is 3.63. The first-order chi connectivity index (χ1) is 6.96. The summed E-state index contributed by atoms with van der Waals surface area (Å²) >= 11 is 3.16. The Morgan fingerprint density at radius 3 is 2.73 bits per heavy atom. The Morgan fingerprint density at radius 2 is 2.20 bits per heavy atom. The summed E-state index contributed by atoms with van der Waals surface area (Å²) in [6.45, 7) is 2.34. The molecule has 15 heavy (non-hydrogen) atoms. The lowest BCUT2D eigenvalue weighted by atomic mass is 10.4. The summed E-state index contributed by atoms with van der Waals surface area (Å²) in [7, 11) is -3.80. The van der Waals surface area contributed by atoms with Gasteiger partial charge < -0.3 is 4.74 Å². The van der Waals surface area contributed by atoms with E-state index in [4.69, 9.17) is 9.88 Å². The lowest BCUT2D eigenvalue weighted by molar-refractivity contribution is 0.306. The van der Waals surface area contributed by atoms with Crippen LogP contribution in [0.15, 0.2) is 21.8 Å². The van der Waals surface area contributed by atoms with Crippen molar-refractivity contribution in [3.8, 4) is 5.75 Å². The zero-order chi connectivity index (χ0) is 11.5. The highest BCUT2D eigenvalue weighted by Gasteiger charge is 2.18. The van der Waals surface area contributed by atoms with E-state index in [1.165, 1.54) is 12.4 Å². The molecule has 1 aromatic rings. The van der Waals surface area contributed by atoms with Crippen LogP contribution in [0.5, 0.6) is 5.75 Å². The third-order valence-electron chi connectivity index (χ3n) is 1.58. The Balaban J connectivity index is 3.21. The number of nitrogens with two attached hydrogens (primary N) is 1. The van der Waals surface area contributed by atoms with E-state index in [0.717, 1.165) is 6.42 Å². The molecule has 0 bridgehead atoms. The predicted octanol–water partition coefficient (Wildman–Crippen LogP) is 1.28. The number of nitrogens with zero attached hydrogens (tertiary/aromatic N) is 1. The molecule has 0 unspecified atom stereocenters. The van der Waals surface area contributed by atoms with Crippen molar-refractivity contribution in [2.75, 3.05) is 6.61 Å². The molecule has 84 valence electrons. The maximum Gasteiger partial charge on any atom is 0.243 e. The van der Waals surface area contributed by atoms with Gasteiger partial charge in [0.25, 0.3) is 0 Å². The summed E-state index contributed by atoms with van der Waals surface area (Å²) in [5.41, 5.74) is 0. The molecular formula is C8H11BrN2O3S. The van der Waals surface area contributed by atoms with Crippen molar-refractivity contribution in [3.05, 3.63) is 16.9 Å². The Labute approximate surface area is 96.8 Å². The van der Waals surface area contributed by atoms with Gasteiger partial charge in [-0.15, -0.1) is 0 Å². The SMILES string of the molecule is CCCOc1c(Br)cncc1S(N)(=O)=O. The van der Waals surface area contributed by atoms with Crippen molar-refractivity contribution >= 4 is 26.0 Å². The van der Waals surface area contributed by atoms with Gasteiger partial charge >= 0.3 is 0 Å². The minimum absolute atomic E-state index is 0.106. The molecule has 1 rings (SSSR count). The smallest absolute Gasteiger partial charge is 0.243 e. The standard InChI is InChI=1S/C8H11BrN2O3S/c1-2-3-14-8-6(9)4-11-5-7(8)15(10,12)13/h4-5H,2-3H2,1H3,(H2,10,12,13). The van der Waals surface area contributed by atoms with E-state index in [9.17, 15) is 8.42 Å². The molecule has 0 amide bonds. The molecule has 0 fully saturated rings. The second-order valence-electron chi connectivity index (χ2n) is 2.84. The summed E-state index contributed by atoms with van der Waals surface area (Å²) in [5.74, 6) is 0.217. The molecule has 0 aliphatic carbocycles. The lowest BCUT2D eigenvalue weighted by Gasteiger charge is -2.10. The molecule has 0 aliphatic rings. The van der Waals surface area contributed by atoms with E-state index in [2.05, 4.69) is 20.9 Å². The van der Waals surface area contributed by atoms with E-state index in [0.29, 0.717) is 11.1 Å². The molecule has 0 spiro atoms. The van der Waals surface area contributed by atoms with E-state index in [1.54, 1.807) is 0 Å². The van der Waals surface area contributed by atoms with Crippen LogP contribution in [0, 0.1) is 0 Å². The third kappa shape index (κ3) is 3.15. The van der Waals surface area contributed by atoms with E-state index >= 15 is 0 Å². The normalized spacial score (nSPS) is 11.4. The molecule has 0 saturated carbocycles. The van der Waals surface area contributed by atoms with Gasteiger partial charge in [0.05, 0.1) is 17.3 Å². The Kier molecular flexibility index (Phi) is 4.06. The molecule has 5 nitrogen and oxygen atoms in total. The van der Waals surface area contributed by atoms with Crippen LogP contribution in [0.3, 0.4) is 0 Å². The minimum Gasteiger partial charge on any atom is -0.491 e. The first-order valence-corrected chi connectivity index (χ1v) is 6.60. The van der Waals surface area contributed by atoms with Gasteiger partial charge in [-0.2, -0.15) is 0 Å². The number of sulfonamides is 1. The highest BCUT2D eigenvalue weighted by molar-refractivity contribution is 9.10. The van der Waals surface area contributed by atoms with Crippen molar-refractivity contribution < 1.29 is 13.2 Å². The second kappa shape index (κ2) is 4.91. The Morgan fingerprint density at radius 1 is 1.53 bits per heavy atom. The van der Waals surface area contributed by atoms with Crippen LogP contribution < -0.4 is 9.88 Å². The maximum atomic E-state index is 11.2. The molecule has 0 saturated heterocycles. The van der Waals surface area contributed by atoms with Gasteiger partial charge in [-0.25, -0.2) is 13.6 Å². The Hall–Kier alpha value is -0.660. The van der Waals surface area contributed by atoms with Crippen molar-refractivity contribution in [3.63, 3.8) is 0 Å². The third-order valence-corrected chi connectivity index (χ3v) is 3.05. The fraction of sp³-hybridized carbons (Fsp3) is 0.375. The number of primary sulfonamides is 1. The van der Waals surface area contributed by atoms with Crippen molar-refractivity contribution in [1.82, 2.24) is 4.98 Å². The number of rotatable bonds is 4. The maximum absolute atomic E-state index is 11.2. The molecule has 0 aromatic carbocycles. The van der Waals surface area contributed by atoms with E-state index in [-0.39, 0.29) is 10.6 Å². The van der Waals surface area contributed by atoms with Crippen LogP contribution in [0.4, 0.5) is 0 Å². The predicted molar refractivity (Wildman–Crippen MR) is 59.1 cm³/mol. The molecule has 1 heterocycles. The van der Waals surface area contributed by atoms with Crippen LogP contribution in [0.25, 0.3) is 0 Å². The number of halogens is 1. The summed E-state index contributed by atoms with van der Waals surface area (Å²) in [5, 5.41) is 5.03. The van der Waals surface area contributed by atoms with Crippen molar-refractivity contribution in [2.45, 2.75) is 18.2 Å². The van der Waals surface area contributed by atoms with Gasteiger partial charge in [-0.3, -0.25) is 4.98 Å². The summed E-state index contributed by atoms with van der Waals surface area (Å²) < 4.78 is 28.2. The topological polar surface area (TPSA) is 82.3 Å². The molecule has 1 aromatic heterocycles. The van der Waals surface area contributed by atoms with Gasteiger partial charge in [0, 0.05) is 6.20 Å². The first kappa shape index (κ1) is 12.4. The van der Waals surface area contributed by atoms with Crippen LogP contribution in [0.1, 0.15) is 13.3 Å². The molecule has 2 N–H and O–H groups in total. The van der Waals surface area contributed by atoms with Crippen LogP contribution >= 0.6 is 15.9 Å². The van der Waals surface area contributed by atoms with Crippen LogP contribution in [-0.4, -0.2) is 20.0 Å². The average molecular weight is 295 g/mol. The average Bonchev–Trinajstić information content (AvgIpc) is 2.14. The van der Waals surface area contributed by atoms with Crippen LogP contribution in [0.2, 0.25) is 0 Å². The number of pyridine rings is 1. The lowest BCUT2D eigenvalue weighted by Crippen LogP contribution is -2.14. The number of aromatic nitrogens is 1. The highest BCUT2D eigenvalue weighted by Crippen LogP contribution is 2.30. The fourth-order valence-electron chi connectivity index (χ4n) is 0.952. The van der Waals surface area contributed by atoms with Gasteiger partial charge in [0.2, 0.25) is 10.0 Å². The second-order valence-corrected chi connectivity index (χ2v) is 5.23. The number of hydrogen-bond acceptors (Lipinski definition) is 4. The minimum atomic E-state index is -3.80. The van der Waals surface area contributed by atoms with Gasteiger partial charge in [0.1, 0.15) is 4.90 Å². The zero-order valence-electron chi connectivity index (χ0n) is 8.10. The summed E-state index contributed by atoms with van der Waals surface area (Å²) in [6.07, 6.45) is 3.41. The van der Waals surface area contributed by atoms with Crippen molar-refractivity contribution in [1.29, 1.82) is 0 Å². The number of ether oxygens (including phenoxy) is 1. The molecule has 0 radical (unpaired) electrons. The first-order valence-electron chi connectivity index (χ1n) is 4.26. The van der Waals surface area contributed by atoms with Gasteiger partial charge in [-0.05, 0) is 22.4 Å². The number of hydrogen-bond donors (Lipinski definition) is 1. The van der Waals surface area contributed by atoms with E-state index < -0.39 is 10.0 Å². The summed E-state index contributed by atoms with van der Waals surface area (Å²) in [6, 6.07) is 0.